The Bertz CT molecular complexity index is 561. The second-order valence-electron chi connectivity index (χ2n) is 7.13. The Balaban J connectivity index is 1.38. The molecule has 134 valence electrons. The van der Waals surface area contributed by atoms with Crippen LogP contribution in [-0.2, 0) is 11.2 Å². The Morgan fingerprint density at radius 2 is 2.21 bits per heavy atom. The van der Waals surface area contributed by atoms with Gasteiger partial charge in [0.1, 0.15) is 5.76 Å². The maximum atomic E-state index is 12.1. The maximum absolute atomic E-state index is 12.1. The minimum Gasteiger partial charge on any atom is -0.378 e. The number of urea groups is 1. The Labute approximate surface area is 143 Å². The van der Waals surface area contributed by atoms with Crippen LogP contribution in [0.3, 0.4) is 0 Å². The number of ether oxygens (including phenoxy) is 1. The predicted octanol–water partition coefficient (Wildman–Crippen LogP) is 2.87. The lowest BCUT2D eigenvalue weighted by atomic mass is 9.51. The fraction of sp³-hybridized carbons (Fsp3) is 0.778. The van der Waals surface area contributed by atoms with Crippen LogP contribution in [0.15, 0.2) is 4.52 Å². The van der Waals surface area contributed by atoms with Gasteiger partial charge in [0.15, 0.2) is 0 Å². The van der Waals surface area contributed by atoms with E-state index in [1.807, 2.05) is 20.8 Å². The summed E-state index contributed by atoms with van der Waals surface area (Å²) in [6.07, 6.45) is 6.64. The van der Waals surface area contributed by atoms with Crippen molar-refractivity contribution < 1.29 is 14.1 Å². The summed E-state index contributed by atoms with van der Waals surface area (Å²) >= 11 is 0. The first-order chi connectivity index (χ1) is 11.6. The second-order valence-corrected chi connectivity index (χ2v) is 7.13. The molecule has 2 amide bonds. The normalized spacial score (nSPS) is 24.3. The van der Waals surface area contributed by atoms with Crippen molar-refractivity contribution in [3.05, 3.63) is 17.0 Å². The van der Waals surface area contributed by atoms with Crippen molar-refractivity contribution in [2.45, 2.75) is 71.4 Å². The maximum Gasteiger partial charge on any atom is 0.315 e. The lowest BCUT2D eigenvalue weighted by Crippen LogP contribution is -2.68. The van der Waals surface area contributed by atoms with Crippen LogP contribution in [-0.4, -0.2) is 36.5 Å². The van der Waals surface area contributed by atoms with Crippen LogP contribution in [0.4, 0.5) is 4.79 Å². The number of rotatable bonds is 7. The van der Waals surface area contributed by atoms with Crippen molar-refractivity contribution in [1.29, 1.82) is 0 Å². The van der Waals surface area contributed by atoms with E-state index in [4.69, 9.17) is 9.26 Å². The van der Waals surface area contributed by atoms with Crippen LogP contribution >= 0.6 is 0 Å². The molecule has 0 bridgehead atoms. The first-order valence-electron chi connectivity index (χ1n) is 9.14. The zero-order valence-corrected chi connectivity index (χ0v) is 15.0. The monoisotopic (exact) mass is 335 g/mol. The quantitative estimate of drug-likeness (QED) is 0.751. The summed E-state index contributed by atoms with van der Waals surface area (Å²) in [5, 5.41) is 10.1. The van der Waals surface area contributed by atoms with Gasteiger partial charge < -0.3 is 19.9 Å². The molecule has 1 spiro atoms. The molecule has 2 atom stereocenters. The third-order valence-electron chi connectivity index (χ3n) is 5.81. The van der Waals surface area contributed by atoms with E-state index in [-0.39, 0.29) is 17.5 Å². The zero-order valence-electron chi connectivity index (χ0n) is 15.0. The summed E-state index contributed by atoms with van der Waals surface area (Å²) in [7, 11) is 0. The van der Waals surface area contributed by atoms with Crippen molar-refractivity contribution in [2.24, 2.45) is 5.41 Å². The average molecular weight is 335 g/mol. The number of aromatic nitrogens is 1. The molecule has 1 heterocycles. The van der Waals surface area contributed by atoms with Gasteiger partial charge in [0.25, 0.3) is 0 Å². The van der Waals surface area contributed by atoms with Crippen LogP contribution in [0.25, 0.3) is 0 Å². The van der Waals surface area contributed by atoms with Crippen molar-refractivity contribution in [3.8, 4) is 0 Å². The topological polar surface area (TPSA) is 76.4 Å². The van der Waals surface area contributed by atoms with Crippen molar-refractivity contribution in [1.82, 2.24) is 15.8 Å². The van der Waals surface area contributed by atoms with Crippen LogP contribution < -0.4 is 10.6 Å². The smallest absolute Gasteiger partial charge is 0.315 e. The van der Waals surface area contributed by atoms with Gasteiger partial charge in [0, 0.05) is 30.2 Å². The minimum absolute atomic E-state index is 0.0556. The highest BCUT2D eigenvalue weighted by atomic mass is 16.5. The van der Waals surface area contributed by atoms with E-state index in [9.17, 15) is 4.79 Å². The summed E-state index contributed by atoms with van der Waals surface area (Å²) in [4.78, 5) is 12.1. The van der Waals surface area contributed by atoms with Crippen molar-refractivity contribution >= 4 is 6.03 Å². The number of carbonyl (C=O) groups is 1. The Hall–Kier alpha value is -1.56. The summed E-state index contributed by atoms with van der Waals surface area (Å²) in [5.74, 6) is 0.875. The van der Waals surface area contributed by atoms with Gasteiger partial charge in [0.2, 0.25) is 0 Å². The van der Waals surface area contributed by atoms with E-state index in [0.717, 1.165) is 42.9 Å². The number of hydrogen-bond acceptors (Lipinski definition) is 4. The van der Waals surface area contributed by atoms with E-state index in [2.05, 4.69) is 15.8 Å². The molecular weight excluding hydrogens is 306 g/mol. The second kappa shape index (κ2) is 7.13. The molecule has 2 aliphatic rings. The van der Waals surface area contributed by atoms with Crippen LogP contribution in [0.1, 0.15) is 56.0 Å². The summed E-state index contributed by atoms with van der Waals surface area (Å²) in [6, 6.07) is 0.213. The van der Waals surface area contributed by atoms with E-state index in [1.165, 1.54) is 19.3 Å². The summed E-state index contributed by atoms with van der Waals surface area (Å²) in [5.41, 5.74) is 2.31. The number of nitrogens with zero attached hydrogens (tertiary/aromatic N) is 1. The molecule has 1 aromatic heterocycles. The van der Waals surface area contributed by atoms with Gasteiger partial charge in [0.05, 0.1) is 11.8 Å². The molecule has 2 aliphatic carbocycles. The lowest BCUT2D eigenvalue weighted by molar-refractivity contribution is -0.169. The summed E-state index contributed by atoms with van der Waals surface area (Å²) < 4.78 is 11.0. The van der Waals surface area contributed by atoms with E-state index < -0.39 is 0 Å². The van der Waals surface area contributed by atoms with E-state index in [1.54, 1.807) is 0 Å². The number of nitrogens with one attached hydrogen (secondary N) is 2. The van der Waals surface area contributed by atoms with Crippen LogP contribution in [0, 0.1) is 19.3 Å². The summed E-state index contributed by atoms with van der Waals surface area (Å²) in [6.45, 7) is 7.34. The highest BCUT2D eigenvalue weighted by Crippen LogP contribution is 2.57. The molecule has 2 saturated carbocycles. The molecule has 0 saturated heterocycles. The molecule has 3 rings (SSSR count). The van der Waals surface area contributed by atoms with Crippen LogP contribution in [0.5, 0.6) is 0 Å². The van der Waals surface area contributed by atoms with Gasteiger partial charge in [-0.15, -0.1) is 0 Å². The first kappa shape index (κ1) is 17.3. The molecule has 2 N–H and O–H groups in total. The third-order valence-corrected chi connectivity index (χ3v) is 5.81. The molecule has 1 aromatic rings. The lowest BCUT2D eigenvalue weighted by Gasteiger charge is -2.60. The number of aryl methyl sites for hydroxylation is 2. The average Bonchev–Trinajstić information content (AvgIpc) is 2.80. The first-order valence-corrected chi connectivity index (χ1v) is 9.14. The number of amides is 2. The van der Waals surface area contributed by atoms with Gasteiger partial charge in [-0.1, -0.05) is 11.6 Å². The Morgan fingerprint density at radius 1 is 1.42 bits per heavy atom. The molecule has 6 nitrogen and oxygen atoms in total. The van der Waals surface area contributed by atoms with Gasteiger partial charge in [-0.25, -0.2) is 4.79 Å². The Kier molecular flexibility index (Phi) is 5.13. The minimum atomic E-state index is -0.0556. The van der Waals surface area contributed by atoms with Gasteiger partial charge in [-0.05, 0) is 52.9 Å². The fourth-order valence-electron chi connectivity index (χ4n) is 4.18. The zero-order chi connectivity index (χ0) is 17.2. The highest BCUT2D eigenvalue weighted by Gasteiger charge is 2.59. The third kappa shape index (κ3) is 3.16. The van der Waals surface area contributed by atoms with Crippen molar-refractivity contribution in [2.75, 3.05) is 13.2 Å². The van der Waals surface area contributed by atoms with E-state index >= 15 is 0 Å². The number of hydrogen-bond donors (Lipinski definition) is 2. The largest absolute Gasteiger partial charge is 0.378 e. The molecule has 2 fully saturated rings. The standard InChI is InChI=1S/C18H29N3O3/c1-4-23-16-11-15(18(16)8-6-9-18)20-17(22)19-10-5-7-14-12(2)21-24-13(14)3/h15-16H,4-11H2,1-3H3,(H2,19,20,22)/t15-,16+/m1/s1. The van der Waals surface area contributed by atoms with E-state index in [0.29, 0.717) is 12.6 Å². The molecule has 0 unspecified atom stereocenters. The fourth-order valence-corrected chi connectivity index (χ4v) is 4.18. The molecular formula is C18H29N3O3. The van der Waals surface area contributed by atoms with Crippen molar-refractivity contribution in [3.63, 3.8) is 0 Å². The SMILES string of the molecule is CCO[C@H]1C[C@@H](NC(=O)NCCCc2c(C)noc2C)C12CCC2. The molecule has 0 aliphatic heterocycles. The molecule has 24 heavy (non-hydrogen) atoms. The molecule has 0 aromatic carbocycles. The predicted molar refractivity (Wildman–Crippen MR) is 90.9 cm³/mol. The van der Waals surface area contributed by atoms with Gasteiger partial charge in [-0.2, -0.15) is 0 Å². The van der Waals surface area contributed by atoms with Crippen LogP contribution in [0.2, 0.25) is 0 Å². The van der Waals surface area contributed by atoms with Gasteiger partial charge in [-0.3, -0.25) is 0 Å². The number of carbonyl (C=O) groups excluding carboxylic acids is 1. The van der Waals surface area contributed by atoms with Gasteiger partial charge >= 0.3 is 6.03 Å². The molecule has 0 radical (unpaired) electrons. The highest BCUT2D eigenvalue weighted by molar-refractivity contribution is 5.74. The molecule has 6 heteroatoms. The Morgan fingerprint density at radius 3 is 2.79 bits per heavy atom.